The lowest BCUT2D eigenvalue weighted by Crippen LogP contribution is -2.59. The van der Waals surface area contributed by atoms with E-state index < -0.39 is 17.4 Å². The fraction of sp³-hybridized carbons (Fsp3) is 0.321. The minimum atomic E-state index is -1.52. The molecule has 166 valence electrons. The minimum absolute atomic E-state index is 0.00795. The maximum Gasteiger partial charge on any atom is 0.250 e. The van der Waals surface area contributed by atoms with Crippen LogP contribution in [0.4, 0.5) is 5.69 Å². The van der Waals surface area contributed by atoms with Crippen LogP contribution < -0.4 is 4.90 Å². The van der Waals surface area contributed by atoms with Crippen molar-refractivity contribution < 1.29 is 19.1 Å². The van der Waals surface area contributed by atoms with Crippen LogP contribution in [-0.2, 0) is 19.1 Å². The van der Waals surface area contributed by atoms with Crippen molar-refractivity contribution in [2.75, 3.05) is 4.90 Å². The standard InChI is InChI=1S/C28H25NO4/c1-16-13-22(31)28-24(18-11-7-8-12-19(18)25(28)33-16)23-20(14-27(2,3)15-21(23)30)29(26(28)32)17-9-5-4-6-10-17/h4-13,24-25H,14-15H2,1-3H3/t24-,25+,28+/m0/s1. The average molecular weight is 440 g/mol. The van der Waals surface area contributed by atoms with Crippen molar-refractivity contribution in [3.05, 3.63) is 88.8 Å². The molecule has 2 heterocycles. The molecule has 0 unspecified atom stereocenters. The normalized spacial score (nSPS) is 29.6. The van der Waals surface area contributed by atoms with E-state index in [1.165, 1.54) is 6.08 Å². The van der Waals surface area contributed by atoms with Gasteiger partial charge in [0.15, 0.2) is 17.0 Å². The Bertz CT molecular complexity index is 1300. The van der Waals surface area contributed by atoms with Crippen molar-refractivity contribution in [2.45, 2.75) is 45.6 Å². The van der Waals surface area contributed by atoms with E-state index in [0.717, 1.165) is 16.8 Å². The van der Waals surface area contributed by atoms with Crippen LogP contribution in [0.3, 0.4) is 0 Å². The average Bonchev–Trinajstić information content (AvgIpc) is 3.06. The van der Waals surface area contributed by atoms with Crippen molar-refractivity contribution in [2.24, 2.45) is 10.8 Å². The fourth-order valence-electron chi connectivity index (χ4n) is 6.32. The van der Waals surface area contributed by atoms with Crippen LogP contribution in [0, 0.1) is 10.8 Å². The molecule has 2 aromatic carbocycles. The molecule has 2 aliphatic heterocycles. The van der Waals surface area contributed by atoms with Crippen LogP contribution in [-0.4, -0.2) is 17.5 Å². The van der Waals surface area contributed by atoms with E-state index in [-0.39, 0.29) is 22.9 Å². The van der Waals surface area contributed by atoms with Crippen LogP contribution in [0.2, 0.25) is 0 Å². The number of allylic oxidation sites excluding steroid dienone is 4. The zero-order valence-corrected chi connectivity index (χ0v) is 18.9. The first kappa shape index (κ1) is 20.2. The van der Waals surface area contributed by atoms with Crippen LogP contribution in [0.15, 0.2) is 77.7 Å². The third-order valence-electron chi connectivity index (χ3n) is 7.53. The number of carbonyl (C=O) groups is 3. The van der Waals surface area contributed by atoms with E-state index in [4.69, 9.17) is 4.74 Å². The smallest absolute Gasteiger partial charge is 0.250 e. The molecule has 0 saturated heterocycles. The summed E-state index contributed by atoms with van der Waals surface area (Å²) < 4.78 is 6.24. The maximum absolute atomic E-state index is 14.6. The van der Waals surface area contributed by atoms with Gasteiger partial charge >= 0.3 is 0 Å². The molecule has 0 bridgehead atoms. The zero-order valence-electron chi connectivity index (χ0n) is 18.9. The van der Waals surface area contributed by atoms with Crippen LogP contribution in [0.5, 0.6) is 0 Å². The van der Waals surface area contributed by atoms with Gasteiger partial charge in [-0.1, -0.05) is 56.3 Å². The first-order chi connectivity index (χ1) is 15.8. The molecule has 5 nitrogen and oxygen atoms in total. The second-order valence-electron chi connectivity index (χ2n) is 10.3. The van der Waals surface area contributed by atoms with Gasteiger partial charge in [0.2, 0.25) is 0 Å². The molecule has 2 aliphatic carbocycles. The van der Waals surface area contributed by atoms with Gasteiger partial charge < -0.3 is 4.74 Å². The maximum atomic E-state index is 14.6. The van der Waals surface area contributed by atoms with E-state index in [1.807, 2.05) is 54.6 Å². The monoisotopic (exact) mass is 439 g/mol. The predicted molar refractivity (Wildman–Crippen MR) is 123 cm³/mol. The van der Waals surface area contributed by atoms with E-state index >= 15 is 0 Å². The topological polar surface area (TPSA) is 63.7 Å². The minimum Gasteiger partial charge on any atom is -0.489 e. The summed E-state index contributed by atoms with van der Waals surface area (Å²) in [6.07, 6.45) is 1.63. The van der Waals surface area contributed by atoms with Gasteiger partial charge in [-0.15, -0.1) is 0 Å². The molecule has 0 N–H and O–H groups in total. The molecule has 3 atom stereocenters. The molecule has 0 aromatic heterocycles. The molecular formula is C28H25NO4. The Hall–Kier alpha value is -3.47. The number of rotatable bonds is 1. The van der Waals surface area contributed by atoms with Gasteiger partial charge in [-0.2, -0.15) is 0 Å². The van der Waals surface area contributed by atoms with Crippen LogP contribution >= 0.6 is 0 Å². The number of fused-ring (bicyclic) bond motifs is 4. The number of amides is 1. The third kappa shape index (κ3) is 2.51. The fourth-order valence-corrected chi connectivity index (χ4v) is 6.32. The highest BCUT2D eigenvalue weighted by molar-refractivity contribution is 6.23. The lowest BCUT2D eigenvalue weighted by molar-refractivity contribution is -0.151. The Kier molecular flexibility index (Phi) is 3.99. The summed E-state index contributed by atoms with van der Waals surface area (Å²) in [5, 5.41) is 0. The van der Waals surface area contributed by atoms with E-state index in [9.17, 15) is 14.4 Å². The number of nitrogens with zero attached hydrogens (tertiary/aromatic N) is 1. The molecule has 6 rings (SSSR count). The third-order valence-corrected chi connectivity index (χ3v) is 7.53. The second kappa shape index (κ2) is 6.53. The summed E-state index contributed by atoms with van der Waals surface area (Å²) in [5.74, 6) is -0.735. The first-order valence-corrected chi connectivity index (χ1v) is 11.4. The number of anilines is 1. The summed E-state index contributed by atoms with van der Waals surface area (Å²) in [4.78, 5) is 43.8. The Labute approximate surface area is 192 Å². The first-order valence-electron chi connectivity index (χ1n) is 11.4. The molecule has 0 fully saturated rings. The number of hydrogen-bond donors (Lipinski definition) is 0. The highest BCUT2D eigenvalue weighted by Crippen LogP contribution is 2.66. The van der Waals surface area contributed by atoms with Gasteiger partial charge in [0.25, 0.3) is 5.91 Å². The largest absolute Gasteiger partial charge is 0.489 e. The molecule has 33 heavy (non-hydrogen) atoms. The van der Waals surface area contributed by atoms with E-state index in [1.54, 1.807) is 11.8 Å². The van der Waals surface area contributed by atoms with Crippen molar-refractivity contribution >= 4 is 23.2 Å². The molecule has 1 amide bonds. The van der Waals surface area contributed by atoms with Crippen molar-refractivity contribution in [1.82, 2.24) is 0 Å². The number of ether oxygens (including phenoxy) is 1. The highest BCUT2D eigenvalue weighted by Gasteiger charge is 2.70. The van der Waals surface area contributed by atoms with Gasteiger partial charge in [-0.3, -0.25) is 19.3 Å². The number of hydrogen-bond acceptors (Lipinski definition) is 4. The molecule has 0 saturated carbocycles. The van der Waals surface area contributed by atoms with Crippen molar-refractivity contribution in [3.63, 3.8) is 0 Å². The number of Topliss-reactive ketones (excluding diaryl/α,β-unsaturated/α-hetero) is 1. The lowest BCUT2D eigenvalue weighted by Gasteiger charge is -2.50. The van der Waals surface area contributed by atoms with Gasteiger partial charge in [0.05, 0.1) is 5.76 Å². The summed E-state index contributed by atoms with van der Waals surface area (Å²) in [5.41, 5.74) is 1.85. The Morgan fingerprint density at radius 2 is 1.58 bits per heavy atom. The molecule has 0 radical (unpaired) electrons. The lowest BCUT2D eigenvalue weighted by atomic mass is 9.59. The van der Waals surface area contributed by atoms with Gasteiger partial charge in [0.1, 0.15) is 6.10 Å². The van der Waals surface area contributed by atoms with E-state index in [0.29, 0.717) is 29.9 Å². The van der Waals surface area contributed by atoms with Gasteiger partial charge in [0, 0.05) is 35.4 Å². The SMILES string of the molecule is CC1=CC(=O)[C@@]23C(=O)N(c4ccccc4)C4=C(C(=O)CC(C)(C)C4)[C@@H]2c2ccccc2[C@H]3O1. The molecular weight excluding hydrogens is 414 g/mol. The van der Waals surface area contributed by atoms with Gasteiger partial charge in [-0.05, 0) is 42.0 Å². The Morgan fingerprint density at radius 1 is 0.909 bits per heavy atom. The van der Waals surface area contributed by atoms with Crippen LogP contribution in [0.25, 0.3) is 0 Å². The molecule has 2 aromatic rings. The Morgan fingerprint density at radius 3 is 2.30 bits per heavy atom. The molecule has 5 heteroatoms. The number of ketones is 2. The van der Waals surface area contributed by atoms with E-state index in [2.05, 4.69) is 13.8 Å². The number of benzene rings is 2. The van der Waals surface area contributed by atoms with Crippen LogP contribution in [0.1, 0.15) is 56.8 Å². The highest BCUT2D eigenvalue weighted by atomic mass is 16.5. The van der Waals surface area contributed by atoms with Gasteiger partial charge in [-0.25, -0.2) is 0 Å². The predicted octanol–water partition coefficient (Wildman–Crippen LogP) is 5.00. The summed E-state index contributed by atoms with van der Waals surface area (Å²) in [7, 11) is 0. The molecule has 1 spiro atoms. The summed E-state index contributed by atoms with van der Waals surface area (Å²) in [6.45, 7) is 5.85. The van der Waals surface area contributed by atoms with Crippen molar-refractivity contribution in [3.8, 4) is 0 Å². The summed E-state index contributed by atoms with van der Waals surface area (Å²) in [6, 6.07) is 17.0. The quantitative estimate of drug-likeness (QED) is 0.587. The number of carbonyl (C=O) groups excluding carboxylic acids is 3. The Balaban J connectivity index is 1.72. The van der Waals surface area contributed by atoms with Crippen molar-refractivity contribution in [1.29, 1.82) is 0 Å². The molecule has 4 aliphatic rings. The second-order valence-corrected chi connectivity index (χ2v) is 10.3. The zero-order chi connectivity index (χ0) is 23.1. The summed E-state index contributed by atoms with van der Waals surface area (Å²) >= 11 is 0. The number of para-hydroxylation sites is 1.